The number of carbonyl (C=O) groups excluding carboxylic acids is 1. The van der Waals surface area contributed by atoms with Gasteiger partial charge in [-0.25, -0.2) is 4.79 Å². The minimum Gasteiger partial charge on any atom is -0.381 e. The van der Waals surface area contributed by atoms with Crippen molar-refractivity contribution in [3.8, 4) is 0 Å². The van der Waals surface area contributed by atoms with E-state index in [0.717, 1.165) is 39.0 Å². The number of urea groups is 1. The molecule has 1 atom stereocenters. The molecular weight excluding hydrogens is 316 g/mol. The molecule has 6 heteroatoms. The molecule has 2 fully saturated rings. The van der Waals surface area contributed by atoms with Crippen LogP contribution in [-0.2, 0) is 11.3 Å². The zero-order chi connectivity index (χ0) is 17.1. The Bertz CT molecular complexity index is 705. The maximum absolute atomic E-state index is 12.7. The lowest BCUT2D eigenvalue weighted by Crippen LogP contribution is -2.40. The molecule has 0 spiro atoms. The third-order valence-electron chi connectivity index (χ3n) is 4.79. The predicted molar refractivity (Wildman–Crippen MR) is 95.4 cm³/mol. The van der Waals surface area contributed by atoms with Crippen molar-refractivity contribution >= 4 is 11.8 Å². The Kier molecular flexibility index (Phi) is 4.70. The number of benzene rings is 1. The molecule has 4 rings (SSSR count). The number of aromatic nitrogens is 2. The second kappa shape index (κ2) is 7.27. The van der Waals surface area contributed by atoms with E-state index in [1.807, 2.05) is 40.0 Å². The van der Waals surface area contributed by atoms with E-state index in [9.17, 15) is 4.79 Å². The fourth-order valence-electron chi connectivity index (χ4n) is 3.26. The monoisotopic (exact) mass is 340 g/mol. The number of hydrogen-bond donors (Lipinski definition) is 1. The van der Waals surface area contributed by atoms with Gasteiger partial charge >= 0.3 is 6.03 Å². The normalized spacial score (nSPS) is 19.8. The van der Waals surface area contributed by atoms with Gasteiger partial charge in [-0.2, -0.15) is 5.10 Å². The molecule has 0 bridgehead atoms. The zero-order valence-corrected chi connectivity index (χ0v) is 14.3. The first-order valence-corrected chi connectivity index (χ1v) is 9.01. The molecule has 1 aliphatic heterocycles. The third kappa shape index (κ3) is 4.20. The van der Waals surface area contributed by atoms with Crippen LogP contribution in [0.4, 0.5) is 10.6 Å². The number of carbonyl (C=O) groups is 1. The minimum atomic E-state index is -0.0423. The highest BCUT2D eigenvalue weighted by Gasteiger charge is 2.35. The van der Waals surface area contributed by atoms with Crippen LogP contribution in [0.3, 0.4) is 0 Å². The van der Waals surface area contributed by atoms with Crippen molar-refractivity contribution in [3.05, 3.63) is 48.2 Å². The van der Waals surface area contributed by atoms with Gasteiger partial charge in [0.1, 0.15) is 0 Å². The lowest BCUT2D eigenvalue weighted by atomic mass is 10.1. The number of amides is 2. The molecule has 2 aromatic rings. The number of rotatable bonds is 6. The number of hydrogen-bond acceptors (Lipinski definition) is 3. The summed E-state index contributed by atoms with van der Waals surface area (Å²) in [6.45, 7) is 3.06. The maximum atomic E-state index is 12.7. The summed E-state index contributed by atoms with van der Waals surface area (Å²) in [4.78, 5) is 14.6. The highest BCUT2D eigenvalue weighted by Crippen LogP contribution is 2.29. The van der Waals surface area contributed by atoms with E-state index < -0.39 is 0 Å². The van der Waals surface area contributed by atoms with Gasteiger partial charge in [0.05, 0.1) is 13.2 Å². The average molecular weight is 340 g/mol. The van der Waals surface area contributed by atoms with Crippen LogP contribution in [-0.4, -0.2) is 46.5 Å². The first-order valence-electron chi connectivity index (χ1n) is 9.01. The molecule has 1 aliphatic carbocycles. The van der Waals surface area contributed by atoms with Gasteiger partial charge in [-0.15, -0.1) is 0 Å². The van der Waals surface area contributed by atoms with E-state index in [1.165, 1.54) is 5.56 Å². The topological polar surface area (TPSA) is 59.4 Å². The van der Waals surface area contributed by atoms with E-state index in [0.29, 0.717) is 24.3 Å². The van der Waals surface area contributed by atoms with Crippen LogP contribution in [0.15, 0.2) is 42.6 Å². The summed E-state index contributed by atoms with van der Waals surface area (Å²) in [5.41, 5.74) is 1.18. The van der Waals surface area contributed by atoms with Gasteiger partial charge in [0.15, 0.2) is 5.82 Å². The van der Waals surface area contributed by atoms with Crippen LogP contribution in [0.5, 0.6) is 0 Å². The molecule has 2 amide bonds. The molecule has 1 saturated carbocycles. The number of anilines is 1. The molecular formula is C19H24N4O2. The van der Waals surface area contributed by atoms with Gasteiger partial charge in [0.2, 0.25) is 0 Å². The van der Waals surface area contributed by atoms with Gasteiger partial charge in [-0.3, -0.25) is 10.00 Å². The Morgan fingerprint density at radius 1 is 1.24 bits per heavy atom. The summed E-state index contributed by atoms with van der Waals surface area (Å²) in [6.07, 6.45) is 5.14. The van der Waals surface area contributed by atoms with Crippen LogP contribution >= 0.6 is 0 Å². The zero-order valence-electron chi connectivity index (χ0n) is 14.3. The van der Waals surface area contributed by atoms with Crippen LogP contribution in [0.25, 0.3) is 0 Å². The molecule has 2 aliphatic rings. The highest BCUT2D eigenvalue weighted by atomic mass is 16.5. The van der Waals surface area contributed by atoms with Crippen molar-refractivity contribution in [1.29, 1.82) is 0 Å². The van der Waals surface area contributed by atoms with Gasteiger partial charge in [0.25, 0.3) is 0 Å². The van der Waals surface area contributed by atoms with Gasteiger partial charge in [-0.05, 0) is 24.8 Å². The van der Waals surface area contributed by atoms with Crippen molar-refractivity contribution in [2.24, 2.45) is 5.92 Å². The third-order valence-corrected chi connectivity index (χ3v) is 4.79. The average Bonchev–Trinajstić information content (AvgIpc) is 3.14. The predicted octanol–water partition coefficient (Wildman–Crippen LogP) is 2.96. The van der Waals surface area contributed by atoms with E-state index in [4.69, 9.17) is 4.74 Å². The molecule has 1 aromatic heterocycles. The summed E-state index contributed by atoms with van der Waals surface area (Å²) in [5.74, 6) is 1.07. The minimum absolute atomic E-state index is 0.0423. The van der Waals surface area contributed by atoms with Crippen molar-refractivity contribution in [2.45, 2.75) is 31.8 Å². The Morgan fingerprint density at radius 3 is 2.80 bits per heavy atom. The first kappa shape index (κ1) is 16.1. The maximum Gasteiger partial charge on any atom is 0.323 e. The molecule has 132 valence electrons. The number of nitrogens with zero attached hydrogens (tertiary/aromatic N) is 3. The van der Waals surface area contributed by atoms with Crippen LogP contribution in [0.2, 0.25) is 0 Å². The largest absolute Gasteiger partial charge is 0.381 e. The fraction of sp³-hybridized carbons (Fsp3) is 0.474. The Morgan fingerprint density at radius 2 is 2.08 bits per heavy atom. The standard InChI is InChI=1S/C19H24N4O2/c24-19(23(17-6-7-17)13-16-9-11-25-14-16)20-18-8-10-22(21-18)12-15-4-2-1-3-5-15/h1-5,8,10,16-17H,6-7,9,11-14H2,(H,20,21,24)/t16-/m1/s1. The second-order valence-corrected chi connectivity index (χ2v) is 6.93. The van der Waals surface area contributed by atoms with E-state index in [2.05, 4.69) is 22.5 Å². The smallest absolute Gasteiger partial charge is 0.323 e. The summed E-state index contributed by atoms with van der Waals surface area (Å²) in [6, 6.07) is 12.4. The van der Waals surface area contributed by atoms with E-state index in [-0.39, 0.29) is 6.03 Å². The van der Waals surface area contributed by atoms with E-state index in [1.54, 1.807) is 0 Å². The Balaban J connectivity index is 1.36. The summed E-state index contributed by atoms with van der Waals surface area (Å²) in [7, 11) is 0. The molecule has 25 heavy (non-hydrogen) atoms. The van der Waals surface area contributed by atoms with E-state index >= 15 is 0 Å². The lowest BCUT2D eigenvalue weighted by molar-refractivity contribution is 0.167. The van der Waals surface area contributed by atoms with Crippen molar-refractivity contribution < 1.29 is 9.53 Å². The summed E-state index contributed by atoms with van der Waals surface area (Å²) in [5, 5.41) is 7.43. The molecule has 2 heterocycles. The van der Waals surface area contributed by atoms with Crippen molar-refractivity contribution in [1.82, 2.24) is 14.7 Å². The van der Waals surface area contributed by atoms with Gasteiger partial charge < -0.3 is 9.64 Å². The molecule has 1 N–H and O–H groups in total. The van der Waals surface area contributed by atoms with Gasteiger partial charge in [0, 0.05) is 37.4 Å². The SMILES string of the molecule is O=C(Nc1ccn(Cc2ccccc2)n1)N(C[C@H]1CCOC1)C1CC1. The Labute approximate surface area is 147 Å². The number of nitrogens with one attached hydrogen (secondary N) is 1. The molecule has 1 saturated heterocycles. The first-order chi connectivity index (χ1) is 12.3. The summed E-state index contributed by atoms with van der Waals surface area (Å²) < 4.78 is 7.29. The van der Waals surface area contributed by atoms with Crippen LogP contribution < -0.4 is 5.32 Å². The Hall–Kier alpha value is -2.34. The van der Waals surface area contributed by atoms with Crippen LogP contribution in [0, 0.1) is 5.92 Å². The number of ether oxygens (including phenoxy) is 1. The summed E-state index contributed by atoms with van der Waals surface area (Å²) >= 11 is 0. The molecule has 1 aromatic carbocycles. The van der Waals surface area contributed by atoms with Crippen LogP contribution in [0.1, 0.15) is 24.8 Å². The molecule has 0 radical (unpaired) electrons. The van der Waals surface area contributed by atoms with Gasteiger partial charge in [-0.1, -0.05) is 30.3 Å². The molecule has 6 nitrogen and oxygen atoms in total. The van der Waals surface area contributed by atoms with Crippen molar-refractivity contribution in [3.63, 3.8) is 0 Å². The second-order valence-electron chi connectivity index (χ2n) is 6.93. The highest BCUT2D eigenvalue weighted by molar-refractivity contribution is 5.88. The lowest BCUT2D eigenvalue weighted by Gasteiger charge is -2.24. The quantitative estimate of drug-likeness (QED) is 0.879. The fourth-order valence-corrected chi connectivity index (χ4v) is 3.26. The molecule has 0 unspecified atom stereocenters. The van der Waals surface area contributed by atoms with Crippen molar-refractivity contribution in [2.75, 3.05) is 25.1 Å².